The van der Waals surface area contributed by atoms with E-state index in [1.807, 2.05) is 0 Å². The van der Waals surface area contributed by atoms with E-state index in [-0.39, 0.29) is 13.2 Å². The third-order valence-corrected chi connectivity index (χ3v) is 4.52. The minimum absolute atomic E-state index is 0.264. The van der Waals surface area contributed by atoms with Crippen LogP contribution >= 0.6 is 11.3 Å². The lowest BCUT2D eigenvalue weighted by Crippen LogP contribution is -2.41. The largest absolute Gasteiger partial charge is 0.462 e. The van der Waals surface area contributed by atoms with Crippen molar-refractivity contribution >= 4 is 40.2 Å². The van der Waals surface area contributed by atoms with Gasteiger partial charge in [0.15, 0.2) is 0 Å². The first-order valence-electron chi connectivity index (χ1n) is 7.37. The van der Waals surface area contributed by atoms with E-state index in [0.717, 1.165) is 16.2 Å². The van der Waals surface area contributed by atoms with Crippen molar-refractivity contribution < 1.29 is 23.9 Å². The van der Waals surface area contributed by atoms with E-state index in [1.54, 1.807) is 33.8 Å². The van der Waals surface area contributed by atoms with Crippen molar-refractivity contribution in [3.05, 3.63) is 16.5 Å². The smallest absolute Gasteiger partial charge is 0.348 e. The second kappa shape index (κ2) is 6.60. The molecule has 0 aromatic carbocycles. The number of anilines is 1. The van der Waals surface area contributed by atoms with Crippen LogP contribution in [0.4, 0.5) is 9.80 Å². The van der Waals surface area contributed by atoms with E-state index in [0.29, 0.717) is 15.4 Å². The quantitative estimate of drug-likeness (QED) is 0.616. The number of amides is 4. The van der Waals surface area contributed by atoms with Crippen LogP contribution in [-0.2, 0) is 14.3 Å². The zero-order valence-corrected chi connectivity index (χ0v) is 14.7. The molecule has 8 nitrogen and oxygen atoms in total. The summed E-state index contributed by atoms with van der Waals surface area (Å²) < 4.78 is 4.94. The van der Waals surface area contributed by atoms with Crippen LogP contribution < -0.4 is 10.6 Å². The lowest BCUT2D eigenvalue weighted by Gasteiger charge is -2.15. The fraction of sp³-hybridized carbons (Fsp3) is 0.467. The first-order chi connectivity index (χ1) is 11.2. The molecule has 4 amide bonds. The van der Waals surface area contributed by atoms with E-state index in [9.17, 15) is 19.2 Å². The number of carbonyl (C=O) groups is 4. The number of hydrogen-bond donors (Lipinski definition) is 2. The zero-order chi connectivity index (χ0) is 18.1. The van der Waals surface area contributed by atoms with Crippen molar-refractivity contribution in [1.29, 1.82) is 0 Å². The van der Waals surface area contributed by atoms with Crippen molar-refractivity contribution in [3.63, 3.8) is 0 Å². The molecule has 1 aliphatic rings. The molecule has 1 aromatic rings. The standard InChI is InChI=1S/C15H19N3O5S/c1-5-23-12(20)11-8(2)6-10(24-11)16-9(19)7-18-13(21)15(3,4)17-14(18)22/h6H,5,7H2,1-4H3,(H,16,19)(H,17,22). The third-order valence-electron chi connectivity index (χ3n) is 3.39. The van der Waals surface area contributed by atoms with Crippen LogP contribution in [0.15, 0.2) is 6.07 Å². The molecule has 0 spiro atoms. The van der Waals surface area contributed by atoms with Crippen LogP contribution in [0.5, 0.6) is 0 Å². The van der Waals surface area contributed by atoms with Crippen LogP contribution in [0.1, 0.15) is 36.0 Å². The summed E-state index contributed by atoms with van der Waals surface area (Å²) >= 11 is 1.08. The number of imide groups is 1. The van der Waals surface area contributed by atoms with E-state index < -0.39 is 29.4 Å². The molecule has 0 radical (unpaired) electrons. The Bertz CT molecular complexity index is 710. The molecule has 130 valence electrons. The molecule has 2 N–H and O–H groups in total. The highest BCUT2D eigenvalue weighted by atomic mass is 32.1. The van der Waals surface area contributed by atoms with Crippen LogP contribution in [-0.4, -0.2) is 47.4 Å². The topological polar surface area (TPSA) is 105 Å². The number of nitrogens with one attached hydrogen (secondary N) is 2. The normalized spacial score (nSPS) is 16.1. The Morgan fingerprint density at radius 2 is 2.04 bits per heavy atom. The lowest BCUT2D eigenvalue weighted by molar-refractivity contribution is -0.132. The number of nitrogens with zero attached hydrogens (tertiary/aromatic N) is 1. The number of aryl methyl sites for hydroxylation is 1. The zero-order valence-electron chi connectivity index (χ0n) is 13.9. The van der Waals surface area contributed by atoms with E-state index in [1.165, 1.54) is 0 Å². The molecule has 0 atom stereocenters. The number of urea groups is 1. The molecule has 1 aromatic heterocycles. The van der Waals surface area contributed by atoms with Gasteiger partial charge in [0.25, 0.3) is 5.91 Å². The molecule has 24 heavy (non-hydrogen) atoms. The second-order valence-corrected chi connectivity index (χ2v) is 6.89. The predicted molar refractivity (Wildman–Crippen MR) is 88.0 cm³/mol. The lowest BCUT2D eigenvalue weighted by atomic mass is 10.1. The van der Waals surface area contributed by atoms with Crippen LogP contribution in [0.2, 0.25) is 0 Å². The van der Waals surface area contributed by atoms with Crippen LogP contribution in [0.3, 0.4) is 0 Å². The molecular formula is C15H19N3O5S. The summed E-state index contributed by atoms with van der Waals surface area (Å²) in [5.41, 5.74) is -0.335. The van der Waals surface area contributed by atoms with Crippen molar-refractivity contribution in [2.45, 2.75) is 33.2 Å². The maximum Gasteiger partial charge on any atom is 0.348 e. The molecule has 1 saturated heterocycles. The van der Waals surface area contributed by atoms with Gasteiger partial charge in [-0.1, -0.05) is 0 Å². The van der Waals surface area contributed by atoms with E-state index in [2.05, 4.69) is 10.6 Å². The molecule has 2 heterocycles. The highest BCUT2D eigenvalue weighted by molar-refractivity contribution is 7.18. The molecule has 1 fully saturated rings. The number of esters is 1. The van der Waals surface area contributed by atoms with E-state index >= 15 is 0 Å². The van der Waals surface area contributed by atoms with Crippen molar-refractivity contribution in [2.24, 2.45) is 0 Å². The average molecular weight is 353 g/mol. The maximum absolute atomic E-state index is 12.1. The number of thiophene rings is 1. The molecular weight excluding hydrogens is 334 g/mol. The third kappa shape index (κ3) is 3.56. The molecule has 0 aliphatic carbocycles. The van der Waals surface area contributed by atoms with Crippen molar-refractivity contribution in [2.75, 3.05) is 18.5 Å². The fourth-order valence-corrected chi connectivity index (χ4v) is 3.21. The van der Waals surface area contributed by atoms with Gasteiger partial charge in [-0.15, -0.1) is 11.3 Å². The Morgan fingerprint density at radius 1 is 1.38 bits per heavy atom. The fourth-order valence-electron chi connectivity index (χ4n) is 2.23. The molecule has 1 aliphatic heterocycles. The van der Waals surface area contributed by atoms with Gasteiger partial charge in [0, 0.05) is 0 Å². The summed E-state index contributed by atoms with van der Waals surface area (Å²) in [6.45, 7) is 6.46. The summed E-state index contributed by atoms with van der Waals surface area (Å²) in [5.74, 6) is -1.43. The average Bonchev–Trinajstić information content (AvgIpc) is 2.92. The minimum atomic E-state index is -1.02. The van der Waals surface area contributed by atoms with Gasteiger partial charge >= 0.3 is 12.0 Å². The van der Waals surface area contributed by atoms with Crippen LogP contribution in [0, 0.1) is 6.92 Å². The van der Waals surface area contributed by atoms with Gasteiger partial charge in [-0.3, -0.25) is 14.5 Å². The summed E-state index contributed by atoms with van der Waals surface area (Å²) in [6, 6.07) is 1.04. The highest BCUT2D eigenvalue weighted by Gasteiger charge is 2.44. The number of ether oxygens (including phenoxy) is 1. The van der Waals surface area contributed by atoms with Crippen LogP contribution in [0.25, 0.3) is 0 Å². The Labute approximate surface area is 143 Å². The Kier molecular flexibility index (Phi) is 4.93. The monoisotopic (exact) mass is 353 g/mol. The van der Waals surface area contributed by atoms with Crippen molar-refractivity contribution in [3.8, 4) is 0 Å². The summed E-state index contributed by atoms with van der Waals surface area (Å²) in [7, 11) is 0. The molecule has 0 bridgehead atoms. The molecule has 2 rings (SSSR count). The molecule has 0 unspecified atom stereocenters. The van der Waals surface area contributed by atoms with Gasteiger partial charge in [0.1, 0.15) is 17.0 Å². The van der Waals surface area contributed by atoms with Gasteiger partial charge in [-0.2, -0.15) is 0 Å². The van der Waals surface area contributed by atoms with Gasteiger partial charge < -0.3 is 15.4 Å². The van der Waals surface area contributed by atoms with Crippen molar-refractivity contribution in [1.82, 2.24) is 10.2 Å². The number of rotatable bonds is 5. The summed E-state index contributed by atoms with van der Waals surface area (Å²) in [4.78, 5) is 48.9. The highest BCUT2D eigenvalue weighted by Crippen LogP contribution is 2.27. The Balaban J connectivity index is 2.03. The number of carbonyl (C=O) groups excluding carboxylic acids is 4. The predicted octanol–water partition coefficient (Wildman–Crippen LogP) is 1.50. The maximum atomic E-state index is 12.1. The Morgan fingerprint density at radius 3 is 2.58 bits per heavy atom. The summed E-state index contributed by atoms with van der Waals surface area (Å²) in [6.07, 6.45) is 0. The first kappa shape index (κ1) is 17.9. The SMILES string of the molecule is CCOC(=O)c1sc(NC(=O)CN2C(=O)NC(C)(C)C2=O)cc1C. The minimum Gasteiger partial charge on any atom is -0.462 e. The molecule has 0 saturated carbocycles. The van der Waals surface area contributed by atoms with Gasteiger partial charge in [-0.25, -0.2) is 9.59 Å². The van der Waals surface area contributed by atoms with Gasteiger partial charge in [-0.05, 0) is 39.3 Å². The Hall–Kier alpha value is -2.42. The second-order valence-electron chi connectivity index (χ2n) is 5.84. The molecule has 9 heteroatoms. The van der Waals surface area contributed by atoms with Gasteiger partial charge in [0.05, 0.1) is 11.6 Å². The number of hydrogen-bond acceptors (Lipinski definition) is 6. The van der Waals surface area contributed by atoms with Gasteiger partial charge in [0.2, 0.25) is 5.91 Å². The van der Waals surface area contributed by atoms with E-state index in [4.69, 9.17) is 4.74 Å². The summed E-state index contributed by atoms with van der Waals surface area (Å²) in [5, 5.41) is 5.55. The first-order valence-corrected chi connectivity index (χ1v) is 8.19.